The SMILES string of the molecule is COc1cccc(/C=C/C(=O)Nc2sc(C)cc2C(N)=O)c1. The third-order valence-corrected chi connectivity index (χ3v) is 3.84. The molecule has 0 aliphatic rings. The van der Waals surface area contributed by atoms with Crippen LogP contribution < -0.4 is 15.8 Å². The second kappa shape index (κ2) is 6.91. The maximum Gasteiger partial charge on any atom is 0.251 e. The molecule has 1 heterocycles. The highest BCUT2D eigenvalue weighted by Gasteiger charge is 2.13. The normalized spacial score (nSPS) is 10.6. The summed E-state index contributed by atoms with van der Waals surface area (Å²) in [6.45, 7) is 1.85. The molecule has 114 valence electrons. The number of carbonyl (C=O) groups excluding carboxylic acids is 2. The molecule has 5 nitrogen and oxygen atoms in total. The fourth-order valence-electron chi connectivity index (χ4n) is 1.86. The van der Waals surface area contributed by atoms with Gasteiger partial charge in [0.25, 0.3) is 5.91 Å². The number of anilines is 1. The van der Waals surface area contributed by atoms with Gasteiger partial charge in [-0.2, -0.15) is 0 Å². The molecule has 0 saturated heterocycles. The first-order valence-electron chi connectivity index (χ1n) is 6.53. The van der Waals surface area contributed by atoms with Crippen molar-refractivity contribution < 1.29 is 14.3 Å². The van der Waals surface area contributed by atoms with Crippen LogP contribution in [0.4, 0.5) is 5.00 Å². The lowest BCUT2D eigenvalue weighted by atomic mass is 10.2. The minimum atomic E-state index is -0.559. The lowest BCUT2D eigenvalue weighted by Gasteiger charge is -2.02. The van der Waals surface area contributed by atoms with Crippen LogP contribution in [0.25, 0.3) is 6.08 Å². The highest BCUT2D eigenvalue weighted by Crippen LogP contribution is 2.27. The van der Waals surface area contributed by atoms with E-state index >= 15 is 0 Å². The van der Waals surface area contributed by atoms with Gasteiger partial charge in [0.15, 0.2) is 0 Å². The molecule has 0 atom stereocenters. The number of amides is 2. The molecule has 2 rings (SSSR count). The number of rotatable bonds is 5. The molecule has 2 aromatic rings. The van der Waals surface area contributed by atoms with Crippen LogP contribution >= 0.6 is 11.3 Å². The van der Waals surface area contributed by atoms with Gasteiger partial charge in [0.05, 0.1) is 12.7 Å². The van der Waals surface area contributed by atoms with Crippen LogP contribution in [0, 0.1) is 6.92 Å². The van der Waals surface area contributed by atoms with Crippen molar-refractivity contribution in [1.82, 2.24) is 0 Å². The van der Waals surface area contributed by atoms with Crippen LogP contribution in [-0.4, -0.2) is 18.9 Å². The van der Waals surface area contributed by atoms with Crippen molar-refractivity contribution in [3.05, 3.63) is 52.4 Å². The summed E-state index contributed by atoms with van der Waals surface area (Å²) in [7, 11) is 1.58. The lowest BCUT2D eigenvalue weighted by molar-refractivity contribution is -0.111. The Morgan fingerprint density at radius 2 is 2.09 bits per heavy atom. The van der Waals surface area contributed by atoms with Gasteiger partial charge in [-0.15, -0.1) is 11.3 Å². The van der Waals surface area contributed by atoms with E-state index in [1.807, 2.05) is 31.2 Å². The van der Waals surface area contributed by atoms with Gasteiger partial charge in [0, 0.05) is 11.0 Å². The predicted molar refractivity (Wildman–Crippen MR) is 88.2 cm³/mol. The lowest BCUT2D eigenvalue weighted by Crippen LogP contribution is -2.14. The van der Waals surface area contributed by atoms with Gasteiger partial charge >= 0.3 is 0 Å². The zero-order valence-corrected chi connectivity index (χ0v) is 13.1. The minimum Gasteiger partial charge on any atom is -0.497 e. The standard InChI is InChI=1S/C16H16N2O3S/c1-10-8-13(15(17)20)16(22-10)18-14(19)7-6-11-4-3-5-12(9-11)21-2/h3-9H,1-2H3,(H2,17,20)(H,18,19)/b7-6+. The van der Waals surface area contributed by atoms with Gasteiger partial charge in [-0.25, -0.2) is 0 Å². The number of primary amides is 1. The Morgan fingerprint density at radius 1 is 1.32 bits per heavy atom. The van der Waals surface area contributed by atoms with Crippen molar-refractivity contribution >= 4 is 34.2 Å². The number of ether oxygens (including phenoxy) is 1. The van der Waals surface area contributed by atoms with Gasteiger partial charge in [0.1, 0.15) is 10.8 Å². The number of methoxy groups -OCH3 is 1. The van der Waals surface area contributed by atoms with Gasteiger partial charge in [-0.3, -0.25) is 9.59 Å². The first-order chi connectivity index (χ1) is 10.5. The van der Waals surface area contributed by atoms with Crippen LogP contribution in [0.2, 0.25) is 0 Å². The summed E-state index contributed by atoms with van der Waals surface area (Å²) in [5.41, 5.74) is 6.45. The summed E-state index contributed by atoms with van der Waals surface area (Å²) in [4.78, 5) is 24.2. The second-order valence-corrected chi connectivity index (χ2v) is 5.82. The highest BCUT2D eigenvalue weighted by atomic mass is 32.1. The topological polar surface area (TPSA) is 81.4 Å². The number of hydrogen-bond donors (Lipinski definition) is 2. The zero-order valence-electron chi connectivity index (χ0n) is 12.3. The van der Waals surface area contributed by atoms with Gasteiger partial charge in [-0.1, -0.05) is 12.1 Å². The molecule has 0 aliphatic carbocycles. The molecular weight excluding hydrogens is 300 g/mol. The van der Waals surface area contributed by atoms with E-state index in [1.54, 1.807) is 19.3 Å². The van der Waals surface area contributed by atoms with E-state index in [4.69, 9.17) is 10.5 Å². The monoisotopic (exact) mass is 316 g/mol. The van der Waals surface area contributed by atoms with E-state index in [2.05, 4.69) is 5.32 Å². The molecule has 0 saturated carbocycles. The minimum absolute atomic E-state index is 0.325. The Labute approximate surface area is 132 Å². The summed E-state index contributed by atoms with van der Waals surface area (Å²) in [5, 5.41) is 3.14. The largest absolute Gasteiger partial charge is 0.497 e. The molecule has 3 N–H and O–H groups in total. The highest BCUT2D eigenvalue weighted by molar-refractivity contribution is 7.16. The molecule has 1 aromatic carbocycles. The van der Waals surface area contributed by atoms with E-state index in [-0.39, 0.29) is 5.91 Å². The van der Waals surface area contributed by atoms with Crippen molar-refractivity contribution in [3.8, 4) is 5.75 Å². The fraction of sp³-hybridized carbons (Fsp3) is 0.125. The smallest absolute Gasteiger partial charge is 0.251 e. The van der Waals surface area contributed by atoms with Gasteiger partial charge in [-0.05, 0) is 36.8 Å². The van der Waals surface area contributed by atoms with Crippen molar-refractivity contribution in [2.75, 3.05) is 12.4 Å². The summed E-state index contributed by atoms with van der Waals surface area (Å²) in [6.07, 6.45) is 3.07. The molecule has 0 fully saturated rings. The number of benzene rings is 1. The Morgan fingerprint density at radius 3 is 2.77 bits per heavy atom. The third kappa shape index (κ3) is 3.95. The summed E-state index contributed by atoms with van der Waals surface area (Å²) < 4.78 is 5.12. The van der Waals surface area contributed by atoms with Crippen molar-refractivity contribution in [2.24, 2.45) is 5.73 Å². The maximum absolute atomic E-state index is 11.9. The Balaban J connectivity index is 2.09. The number of hydrogen-bond acceptors (Lipinski definition) is 4. The van der Waals surface area contributed by atoms with Crippen LogP contribution in [0.3, 0.4) is 0 Å². The first kappa shape index (κ1) is 15.8. The van der Waals surface area contributed by atoms with Crippen molar-refractivity contribution in [2.45, 2.75) is 6.92 Å². The molecular formula is C16H16N2O3S. The summed E-state index contributed by atoms with van der Waals surface area (Å²) in [6, 6.07) is 8.99. The molecule has 2 amide bonds. The summed E-state index contributed by atoms with van der Waals surface area (Å²) >= 11 is 1.31. The quantitative estimate of drug-likeness (QED) is 0.832. The van der Waals surface area contributed by atoms with Gasteiger partial charge in [0.2, 0.25) is 5.91 Å². The molecule has 1 aromatic heterocycles. The van der Waals surface area contributed by atoms with E-state index < -0.39 is 5.91 Å². The number of carbonyl (C=O) groups is 2. The molecule has 0 bridgehead atoms. The van der Waals surface area contributed by atoms with Gasteiger partial charge < -0.3 is 15.8 Å². The molecule has 0 spiro atoms. The number of nitrogens with two attached hydrogens (primary N) is 1. The van der Waals surface area contributed by atoms with E-state index in [0.29, 0.717) is 16.3 Å². The Bertz CT molecular complexity index is 735. The third-order valence-electron chi connectivity index (χ3n) is 2.88. The molecule has 0 radical (unpaired) electrons. The number of nitrogens with one attached hydrogen (secondary N) is 1. The zero-order chi connectivity index (χ0) is 16.1. The predicted octanol–water partition coefficient (Wildman–Crippen LogP) is 2.82. The number of thiophene rings is 1. The van der Waals surface area contributed by atoms with E-state index in [1.165, 1.54) is 17.4 Å². The number of aryl methyl sites for hydroxylation is 1. The Kier molecular flexibility index (Phi) is 4.95. The summed E-state index contributed by atoms with van der Waals surface area (Å²) in [5.74, 6) is -0.170. The van der Waals surface area contributed by atoms with Crippen molar-refractivity contribution in [3.63, 3.8) is 0 Å². The van der Waals surface area contributed by atoms with Crippen LogP contribution in [0.1, 0.15) is 20.8 Å². The average molecular weight is 316 g/mol. The molecule has 6 heteroatoms. The second-order valence-electron chi connectivity index (χ2n) is 4.56. The molecule has 0 unspecified atom stereocenters. The Hall–Kier alpha value is -2.60. The van der Waals surface area contributed by atoms with Crippen LogP contribution in [0.15, 0.2) is 36.4 Å². The fourth-order valence-corrected chi connectivity index (χ4v) is 2.78. The van der Waals surface area contributed by atoms with Crippen LogP contribution in [0.5, 0.6) is 5.75 Å². The van der Waals surface area contributed by atoms with Crippen molar-refractivity contribution in [1.29, 1.82) is 0 Å². The average Bonchev–Trinajstić information content (AvgIpc) is 2.86. The van der Waals surface area contributed by atoms with Crippen LogP contribution in [-0.2, 0) is 4.79 Å². The molecule has 22 heavy (non-hydrogen) atoms. The van der Waals surface area contributed by atoms with E-state index in [0.717, 1.165) is 10.4 Å². The molecule has 0 aliphatic heterocycles. The maximum atomic E-state index is 11.9. The first-order valence-corrected chi connectivity index (χ1v) is 7.34. The van der Waals surface area contributed by atoms with E-state index in [9.17, 15) is 9.59 Å².